The van der Waals surface area contributed by atoms with Crippen LogP contribution in [0.1, 0.15) is 22.3 Å². The zero-order valence-electron chi connectivity index (χ0n) is 16.7. The van der Waals surface area contributed by atoms with Crippen LogP contribution in [-0.4, -0.2) is 40.5 Å². The van der Waals surface area contributed by atoms with Crippen molar-refractivity contribution in [3.05, 3.63) is 58.6 Å². The minimum Gasteiger partial charge on any atom is -0.371 e. The number of benzene rings is 2. The summed E-state index contributed by atoms with van der Waals surface area (Å²) >= 11 is 6.13. The highest BCUT2D eigenvalue weighted by Crippen LogP contribution is 2.29. The molecule has 1 amide bonds. The zero-order valence-corrected chi connectivity index (χ0v) is 18.3. The Kier molecular flexibility index (Phi) is 7.03. The highest BCUT2D eigenvalue weighted by molar-refractivity contribution is 7.89. The van der Waals surface area contributed by atoms with Crippen molar-refractivity contribution in [3.8, 4) is 12.3 Å². The summed E-state index contributed by atoms with van der Waals surface area (Å²) in [6.07, 6.45) is 6.06. The van der Waals surface area contributed by atoms with E-state index in [2.05, 4.69) is 27.8 Å². The van der Waals surface area contributed by atoms with Crippen LogP contribution in [0.4, 0.5) is 5.69 Å². The number of amides is 1. The van der Waals surface area contributed by atoms with Gasteiger partial charge in [0.25, 0.3) is 5.91 Å². The summed E-state index contributed by atoms with van der Waals surface area (Å²) in [5.74, 6) is 2.22. The van der Waals surface area contributed by atoms with E-state index < -0.39 is 10.0 Å². The van der Waals surface area contributed by atoms with Gasteiger partial charge in [0.1, 0.15) is 0 Å². The minimum absolute atomic E-state index is 0.00822. The predicted octanol–water partition coefficient (Wildman–Crippen LogP) is 2.82. The summed E-state index contributed by atoms with van der Waals surface area (Å²) in [5, 5.41) is 3.63. The first-order valence-electron chi connectivity index (χ1n) is 9.62. The first-order chi connectivity index (χ1) is 14.3. The molecule has 0 radical (unpaired) electrons. The van der Waals surface area contributed by atoms with E-state index in [1.807, 2.05) is 18.2 Å². The summed E-state index contributed by atoms with van der Waals surface area (Å²) < 4.78 is 26.7. The summed E-state index contributed by atoms with van der Waals surface area (Å²) in [6, 6.07) is 11.8. The van der Waals surface area contributed by atoms with Crippen LogP contribution < -0.4 is 14.9 Å². The van der Waals surface area contributed by atoms with Gasteiger partial charge in [-0.3, -0.25) is 4.79 Å². The molecule has 1 aliphatic heterocycles. The quantitative estimate of drug-likeness (QED) is 0.642. The van der Waals surface area contributed by atoms with E-state index in [-0.39, 0.29) is 17.3 Å². The number of aryl methyl sites for hydroxylation is 1. The van der Waals surface area contributed by atoms with Crippen LogP contribution in [0.25, 0.3) is 0 Å². The number of anilines is 1. The molecule has 0 aliphatic carbocycles. The topological polar surface area (TPSA) is 78.5 Å². The molecule has 1 saturated heterocycles. The van der Waals surface area contributed by atoms with E-state index in [0.717, 1.165) is 25.2 Å². The number of nitrogens with zero attached hydrogens (tertiary/aromatic N) is 1. The maximum absolute atomic E-state index is 12.6. The molecule has 1 aliphatic rings. The van der Waals surface area contributed by atoms with Gasteiger partial charge >= 0.3 is 0 Å². The first-order valence-corrected chi connectivity index (χ1v) is 11.5. The molecule has 8 heteroatoms. The summed E-state index contributed by atoms with van der Waals surface area (Å²) in [4.78, 5) is 14.8. The fourth-order valence-electron chi connectivity index (χ4n) is 3.50. The van der Waals surface area contributed by atoms with Crippen LogP contribution >= 0.6 is 11.6 Å². The molecule has 0 saturated carbocycles. The van der Waals surface area contributed by atoms with Crippen molar-refractivity contribution in [2.45, 2.75) is 18.2 Å². The van der Waals surface area contributed by atoms with Crippen molar-refractivity contribution in [1.29, 1.82) is 0 Å². The van der Waals surface area contributed by atoms with Gasteiger partial charge in [-0.25, -0.2) is 8.42 Å². The van der Waals surface area contributed by atoms with Crippen LogP contribution in [0.15, 0.2) is 47.4 Å². The highest BCUT2D eigenvalue weighted by atomic mass is 35.5. The fourth-order valence-corrected chi connectivity index (χ4v) is 4.65. The molecule has 0 spiro atoms. The lowest BCUT2D eigenvalue weighted by Gasteiger charge is -2.21. The third kappa shape index (κ3) is 5.33. The molecule has 1 unspecified atom stereocenters. The van der Waals surface area contributed by atoms with Gasteiger partial charge in [0, 0.05) is 35.9 Å². The van der Waals surface area contributed by atoms with Crippen molar-refractivity contribution < 1.29 is 13.2 Å². The van der Waals surface area contributed by atoms with Crippen LogP contribution in [0.3, 0.4) is 0 Å². The number of sulfonamides is 1. The average Bonchev–Trinajstić information content (AvgIpc) is 3.21. The third-order valence-electron chi connectivity index (χ3n) is 5.12. The molecule has 158 valence electrons. The smallest absolute Gasteiger partial charge is 0.251 e. The number of terminal acetylenes is 1. The van der Waals surface area contributed by atoms with E-state index in [1.165, 1.54) is 17.7 Å². The molecule has 3 rings (SSSR count). The minimum atomic E-state index is -3.74. The number of nitrogens with one attached hydrogen (secondary N) is 2. The van der Waals surface area contributed by atoms with E-state index in [0.29, 0.717) is 23.0 Å². The maximum Gasteiger partial charge on any atom is 0.251 e. The maximum atomic E-state index is 12.6. The number of carbonyl (C=O) groups excluding carboxylic acids is 1. The Balaban J connectivity index is 1.60. The third-order valence-corrected chi connectivity index (χ3v) is 6.75. The number of hydrogen-bond donors (Lipinski definition) is 2. The summed E-state index contributed by atoms with van der Waals surface area (Å²) in [6.45, 7) is 4.19. The fraction of sp³-hybridized carbons (Fsp3) is 0.318. The second-order valence-electron chi connectivity index (χ2n) is 7.30. The van der Waals surface area contributed by atoms with Gasteiger partial charge in [0.2, 0.25) is 10.0 Å². The Labute approximate surface area is 182 Å². The van der Waals surface area contributed by atoms with Crippen molar-refractivity contribution in [2.75, 3.05) is 31.1 Å². The molecular formula is C22H24ClN3O3S. The Hall–Kier alpha value is -2.53. The normalized spacial score (nSPS) is 16.3. The van der Waals surface area contributed by atoms with E-state index in [9.17, 15) is 13.2 Å². The first kappa shape index (κ1) is 22.2. The van der Waals surface area contributed by atoms with Gasteiger partial charge in [-0.05, 0) is 55.2 Å². The monoisotopic (exact) mass is 445 g/mol. The molecule has 2 aromatic rings. The summed E-state index contributed by atoms with van der Waals surface area (Å²) in [7, 11) is -3.74. The average molecular weight is 446 g/mol. The highest BCUT2D eigenvalue weighted by Gasteiger charge is 2.24. The van der Waals surface area contributed by atoms with Crippen LogP contribution in [0.2, 0.25) is 5.02 Å². The van der Waals surface area contributed by atoms with Gasteiger partial charge in [0.05, 0.1) is 11.4 Å². The van der Waals surface area contributed by atoms with Crippen LogP contribution in [-0.2, 0) is 10.0 Å². The number of halogens is 1. The number of rotatable bonds is 7. The molecule has 30 heavy (non-hydrogen) atoms. The van der Waals surface area contributed by atoms with Crippen molar-refractivity contribution >= 4 is 33.2 Å². The van der Waals surface area contributed by atoms with Crippen molar-refractivity contribution in [2.24, 2.45) is 5.92 Å². The number of carbonyl (C=O) groups is 1. The van der Waals surface area contributed by atoms with E-state index in [4.69, 9.17) is 18.0 Å². The predicted molar refractivity (Wildman–Crippen MR) is 119 cm³/mol. The summed E-state index contributed by atoms with van der Waals surface area (Å²) in [5.41, 5.74) is 2.58. The lowest BCUT2D eigenvalue weighted by Crippen LogP contribution is -2.31. The number of hydrogen-bond acceptors (Lipinski definition) is 4. The Morgan fingerprint density at radius 3 is 2.87 bits per heavy atom. The van der Waals surface area contributed by atoms with E-state index in [1.54, 1.807) is 12.1 Å². The Bertz CT molecular complexity index is 1080. The lowest BCUT2D eigenvalue weighted by molar-refractivity contribution is 0.0948. The van der Waals surface area contributed by atoms with Crippen LogP contribution in [0, 0.1) is 25.2 Å². The molecule has 1 fully saturated rings. The molecule has 6 nitrogen and oxygen atoms in total. The molecule has 1 atom stereocenters. The van der Waals surface area contributed by atoms with Gasteiger partial charge in [-0.1, -0.05) is 29.7 Å². The van der Waals surface area contributed by atoms with Gasteiger partial charge < -0.3 is 10.2 Å². The molecule has 2 aromatic carbocycles. The van der Waals surface area contributed by atoms with Crippen molar-refractivity contribution in [3.63, 3.8) is 0 Å². The largest absolute Gasteiger partial charge is 0.371 e. The Morgan fingerprint density at radius 1 is 1.30 bits per heavy atom. The molecule has 2 N–H and O–H groups in total. The van der Waals surface area contributed by atoms with E-state index >= 15 is 0 Å². The van der Waals surface area contributed by atoms with Crippen LogP contribution in [0.5, 0.6) is 0 Å². The molecule has 1 heterocycles. The van der Waals surface area contributed by atoms with Gasteiger partial charge in [0.15, 0.2) is 0 Å². The SMILES string of the molecule is C#CCNS(=O)(=O)c1cccc(C(=O)NCC2CCN(c3cc(Cl)ccc3C)C2)c1. The Morgan fingerprint density at radius 2 is 2.10 bits per heavy atom. The second-order valence-corrected chi connectivity index (χ2v) is 9.50. The van der Waals surface area contributed by atoms with Crippen molar-refractivity contribution in [1.82, 2.24) is 10.0 Å². The zero-order chi connectivity index (χ0) is 21.7. The standard InChI is InChI=1S/C22H24ClN3O3S/c1-3-10-25-30(28,29)20-6-4-5-18(12-20)22(27)24-14-17-9-11-26(15-17)21-13-19(23)8-7-16(21)2/h1,4-8,12-13,17,25H,9-11,14-15H2,2H3,(H,24,27). The second kappa shape index (κ2) is 9.52. The molecule has 0 bridgehead atoms. The lowest BCUT2D eigenvalue weighted by atomic mass is 10.1. The molecular weight excluding hydrogens is 422 g/mol. The van der Waals surface area contributed by atoms with Gasteiger partial charge in [-0.15, -0.1) is 6.42 Å². The molecule has 0 aromatic heterocycles. The van der Waals surface area contributed by atoms with Gasteiger partial charge in [-0.2, -0.15) is 4.72 Å².